The Bertz CT molecular complexity index is 399. The van der Waals surface area contributed by atoms with Crippen LogP contribution in [0, 0.1) is 0 Å². The highest BCUT2D eigenvalue weighted by Gasteiger charge is 2.06. The maximum Gasteiger partial charge on any atom is 0.418 e. The summed E-state index contributed by atoms with van der Waals surface area (Å²) in [7, 11) is 0. The Balaban J connectivity index is 2.34. The highest BCUT2D eigenvalue weighted by Crippen LogP contribution is 2.12. The minimum atomic E-state index is -0.341. The van der Waals surface area contributed by atoms with Crippen LogP contribution in [0.15, 0.2) is 24.7 Å². The zero-order valence-corrected chi connectivity index (χ0v) is 7.28. The predicted molar refractivity (Wildman–Crippen MR) is 48.7 cm³/mol. The van der Waals surface area contributed by atoms with Crippen molar-refractivity contribution in [2.45, 2.75) is 6.92 Å². The second-order valence-corrected chi connectivity index (χ2v) is 2.71. The molecule has 0 aliphatic heterocycles. The van der Waals surface area contributed by atoms with Crippen LogP contribution in [0.2, 0.25) is 0 Å². The molecule has 2 aromatic rings. The molecule has 13 heavy (non-hydrogen) atoms. The average Bonchev–Trinajstić information content (AvgIpc) is 2.61. The van der Waals surface area contributed by atoms with E-state index in [4.69, 9.17) is 4.74 Å². The number of carbonyl (C=O) groups is 1. The summed E-state index contributed by atoms with van der Waals surface area (Å²) in [6, 6.07) is 1.91. The molecule has 4 nitrogen and oxygen atoms in total. The Morgan fingerprint density at radius 3 is 3.15 bits per heavy atom. The summed E-state index contributed by atoms with van der Waals surface area (Å²) in [4.78, 5) is 14.2. The SMILES string of the molecule is CCOC(=O)n1cc2cc[nH]c2c1. The molecule has 0 saturated carbocycles. The first-order valence-electron chi connectivity index (χ1n) is 4.13. The second-order valence-electron chi connectivity index (χ2n) is 2.71. The fraction of sp³-hybridized carbons (Fsp3) is 0.222. The molecule has 0 spiro atoms. The number of ether oxygens (including phenoxy) is 1. The molecule has 0 aliphatic rings. The van der Waals surface area contributed by atoms with E-state index in [9.17, 15) is 4.79 Å². The quantitative estimate of drug-likeness (QED) is 0.725. The van der Waals surface area contributed by atoms with Gasteiger partial charge in [-0.1, -0.05) is 0 Å². The number of nitrogens with zero attached hydrogens (tertiary/aromatic N) is 1. The lowest BCUT2D eigenvalue weighted by Gasteiger charge is -1.99. The minimum absolute atomic E-state index is 0.341. The van der Waals surface area contributed by atoms with E-state index in [0.717, 1.165) is 10.9 Å². The fourth-order valence-corrected chi connectivity index (χ4v) is 1.25. The summed E-state index contributed by atoms with van der Waals surface area (Å²) in [6.45, 7) is 2.18. The number of aromatic amines is 1. The third kappa shape index (κ3) is 1.30. The summed E-state index contributed by atoms with van der Waals surface area (Å²) >= 11 is 0. The standard InChI is InChI=1S/C9H10N2O2/c1-2-13-9(12)11-5-7-3-4-10-8(7)6-11/h3-6,10H,2H2,1H3. The third-order valence-corrected chi connectivity index (χ3v) is 1.84. The Kier molecular flexibility index (Phi) is 1.81. The zero-order chi connectivity index (χ0) is 9.26. The van der Waals surface area contributed by atoms with Gasteiger partial charge in [-0.25, -0.2) is 4.79 Å². The number of carbonyl (C=O) groups excluding carboxylic acids is 1. The number of hydrogen-bond donors (Lipinski definition) is 1. The zero-order valence-electron chi connectivity index (χ0n) is 7.28. The summed E-state index contributed by atoms with van der Waals surface area (Å²) < 4.78 is 6.27. The summed E-state index contributed by atoms with van der Waals surface area (Å²) in [5.74, 6) is 0. The molecule has 1 N–H and O–H groups in total. The van der Waals surface area contributed by atoms with Crippen LogP contribution in [0.5, 0.6) is 0 Å². The Labute approximate surface area is 75.1 Å². The maximum absolute atomic E-state index is 11.2. The Morgan fingerprint density at radius 2 is 2.46 bits per heavy atom. The van der Waals surface area contributed by atoms with Crippen molar-refractivity contribution in [1.29, 1.82) is 0 Å². The van der Waals surface area contributed by atoms with Gasteiger partial charge >= 0.3 is 6.09 Å². The van der Waals surface area contributed by atoms with Gasteiger partial charge in [0.05, 0.1) is 12.1 Å². The van der Waals surface area contributed by atoms with E-state index in [1.165, 1.54) is 4.57 Å². The topological polar surface area (TPSA) is 47.0 Å². The first-order valence-corrected chi connectivity index (χ1v) is 4.13. The van der Waals surface area contributed by atoms with E-state index in [1.54, 1.807) is 19.3 Å². The van der Waals surface area contributed by atoms with Crippen LogP contribution >= 0.6 is 0 Å². The van der Waals surface area contributed by atoms with Crippen molar-refractivity contribution >= 4 is 17.0 Å². The first kappa shape index (κ1) is 7.91. The Hall–Kier alpha value is -1.71. The van der Waals surface area contributed by atoms with Gasteiger partial charge in [0.2, 0.25) is 0 Å². The molecular weight excluding hydrogens is 168 g/mol. The van der Waals surface area contributed by atoms with Gasteiger partial charge in [0, 0.05) is 24.0 Å². The normalized spacial score (nSPS) is 10.5. The molecule has 0 saturated heterocycles. The van der Waals surface area contributed by atoms with E-state index < -0.39 is 0 Å². The Morgan fingerprint density at radius 1 is 1.62 bits per heavy atom. The highest BCUT2D eigenvalue weighted by atomic mass is 16.5. The molecule has 0 radical (unpaired) electrons. The minimum Gasteiger partial charge on any atom is -0.449 e. The second kappa shape index (κ2) is 2.97. The summed E-state index contributed by atoms with van der Waals surface area (Å²) in [6.07, 6.45) is 4.95. The fourth-order valence-electron chi connectivity index (χ4n) is 1.25. The number of fused-ring (bicyclic) bond motifs is 1. The van der Waals surface area contributed by atoms with Crippen LogP contribution in [0.3, 0.4) is 0 Å². The van der Waals surface area contributed by atoms with Crippen LogP contribution in [0.25, 0.3) is 10.9 Å². The van der Waals surface area contributed by atoms with Gasteiger partial charge in [-0.2, -0.15) is 0 Å². The van der Waals surface area contributed by atoms with Gasteiger partial charge < -0.3 is 9.72 Å². The summed E-state index contributed by atoms with van der Waals surface area (Å²) in [5, 5.41) is 1.01. The third-order valence-electron chi connectivity index (χ3n) is 1.84. The monoisotopic (exact) mass is 178 g/mol. The highest BCUT2D eigenvalue weighted by molar-refractivity contribution is 5.84. The molecule has 0 fully saturated rings. The number of rotatable bonds is 1. The smallest absolute Gasteiger partial charge is 0.418 e. The lowest BCUT2D eigenvalue weighted by atomic mass is 10.4. The van der Waals surface area contributed by atoms with E-state index in [-0.39, 0.29) is 6.09 Å². The van der Waals surface area contributed by atoms with E-state index in [0.29, 0.717) is 6.61 Å². The molecule has 2 rings (SSSR count). The van der Waals surface area contributed by atoms with Crippen molar-refractivity contribution in [3.05, 3.63) is 24.7 Å². The lowest BCUT2D eigenvalue weighted by molar-refractivity contribution is 0.154. The molecule has 0 atom stereocenters. The number of nitrogens with one attached hydrogen (secondary N) is 1. The van der Waals surface area contributed by atoms with Crippen LogP contribution in [0.4, 0.5) is 4.79 Å². The number of H-pyrrole nitrogens is 1. The van der Waals surface area contributed by atoms with Crippen molar-refractivity contribution < 1.29 is 9.53 Å². The average molecular weight is 178 g/mol. The molecule has 0 aliphatic carbocycles. The van der Waals surface area contributed by atoms with Crippen molar-refractivity contribution in [3.8, 4) is 0 Å². The van der Waals surface area contributed by atoms with Crippen molar-refractivity contribution in [2.24, 2.45) is 0 Å². The molecule has 2 heterocycles. The van der Waals surface area contributed by atoms with Gasteiger partial charge in [0.1, 0.15) is 0 Å². The van der Waals surface area contributed by atoms with Crippen molar-refractivity contribution in [2.75, 3.05) is 6.61 Å². The largest absolute Gasteiger partial charge is 0.449 e. The first-order chi connectivity index (χ1) is 6.31. The molecule has 0 aromatic carbocycles. The van der Waals surface area contributed by atoms with E-state index in [1.807, 2.05) is 12.3 Å². The lowest BCUT2D eigenvalue weighted by Crippen LogP contribution is -2.10. The van der Waals surface area contributed by atoms with Gasteiger partial charge in [-0.3, -0.25) is 4.57 Å². The molecule has 0 unspecified atom stereocenters. The number of aromatic nitrogens is 2. The number of hydrogen-bond acceptors (Lipinski definition) is 2. The molecule has 4 heteroatoms. The van der Waals surface area contributed by atoms with E-state index >= 15 is 0 Å². The van der Waals surface area contributed by atoms with E-state index in [2.05, 4.69) is 4.98 Å². The summed E-state index contributed by atoms with van der Waals surface area (Å²) in [5.41, 5.74) is 0.938. The van der Waals surface area contributed by atoms with Crippen LogP contribution in [-0.4, -0.2) is 22.3 Å². The molecular formula is C9H10N2O2. The van der Waals surface area contributed by atoms with Crippen LogP contribution in [-0.2, 0) is 4.74 Å². The molecule has 0 bridgehead atoms. The van der Waals surface area contributed by atoms with Crippen molar-refractivity contribution in [3.63, 3.8) is 0 Å². The predicted octanol–water partition coefficient (Wildman–Crippen LogP) is 1.97. The van der Waals surface area contributed by atoms with Crippen LogP contribution < -0.4 is 0 Å². The molecule has 2 aromatic heterocycles. The van der Waals surface area contributed by atoms with Crippen LogP contribution in [0.1, 0.15) is 6.92 Å². The van der Waals surface area contributed by atoms with Crippen molar-refractivity contribution in [1.82, 2.24) is 9.55 Å². The van der Waals surface area contributed by atoms with Gasteiger partial charge in [-0.15, -0.1) is 0 Å². The van der Waals surface area contributed by atoms with Gasteiger partial charge in [0.25, 0.3) is 0 Å². The van der Waals surface area contributed by atoms with Gasteiger partial charge in [-0.05, 0) is 13.0 Å². The molecule has 0 amide bonds. The maximum atomic E-state index is 11.2. The molecule has 68 valence electrons. The van der Waals surface area contributed by atoms with Gasteiger partial charge in [0.15, 0.2) is 0 Å².